The number of likely N-dealkylation sites (tertiary alicyclic amines) is 1. The summed E-state index contributed by atoms with van der Waals surface area (Å²) in [6.07, 6.45) is 2.22. The zero-order valence-corrected chi connectivity index (χ0v) is 13.4. The van der Waals surface area contributed by atoms with Crippen LogP contribution >= 0.6 is 12.4 Å². The van der Waals surface area contributed by atoms with E-state index in [0.717, 1.165) is 32.5 Å². The van der Waals surface area contributed by atoms with Gasteiger partial charge in [0.1, 0.15) is 0 Å². The number of amides is 1. The average molecular weight is 293 g/mol. The minimum absolute atomic E-state index is 0. The topological polar surface area (TPSA) is 55.6 Å². The lowest BCUT2D eigenvalue weighted by molar-refractivity contribution is -0.138. The van der Waals surface area contributed by atoms with E-state index in [-0.39, 0.29) is 30.3 Å². The Balaban J connectivity index is 0.00000324. The Kier molecular flexibility index (Phi) is 8.62. The highest BCUT2D eigenvalue weighted by atomic mass is 35.5. The molecule has 0 radical (unpaired) electrons. The lowest BCUT2D eigenvalue weighted by Gasteiger charge is -2.34. The lowest BCUT2D eigenvalue weighted by Crippen LogP contribution is -2.46. The van der Waals surface area contributed by atoms with Gasteiger partial charge in [0.2, 0.25) is 5.91 Å². The summed E-state index contributed by atoms with van der Waals surface area (Å²) in [7, 11) is 0. The highest BCUT2D eigenvalue weighted by molar-refractivity contribution is 5.85. The molecule has 2 atom stereocenters. The molecule has 0 aliphatic carbocycles. The molecule has 5 heteroatoms. The van der Waals surface area contributed by atoms with E-state index in [1.807, 2.05) is 18.7 Å². The number of ether oxygens (including phenoxy) is 1. The Morgan fingerprint density at radius 2 is 1.79 bits per heavy atom. The molecular formula is C14H29ClN2O2. The van der Waals surface area contributed by atoms with Crippen LogP contribution in [0.1, 0.15) is 40.5 Å². The van der Waals surface area contributed by atoms with Crippen molar-refractivity contribution in [3.05, 3.63) is 0 Å². The Morgan fingerprint density at radius 1 is 1.26 bits per heavy atom. The molecule has 2 unspecified atom stereocenters. The van der Waals surface area contributed by atoms with Gasteiger partial charge in [-0.05, 0) is 25.7 Å². The molecule has 2 N–H and O–H groups in total. The fourth-order valence-electron chi connectivity index (χ4n) is 2.08. The zero-order chi connectivity index (χ0) is 13.7. The van der Waals surface area contributed by atoms with E-state index in [1.54, 1.807) is 0 Å². The van der Waals surface area contributed by atoms with E-state index in [2.05, 4.69) is 13.8 Å². The number of carbonyl (C=O) groups is 1. The highest BCUT2D eigenvalue weighted by Crippen LogP contribution is 2.17. The summed E-state index contributed by atoms with van der Waals surface area (Å²) in [5.74, 6) is 0.674. The van der Waals surface area contributed by atoms with E-state index in [4.69, 9.17) is 10.5 Å². The second-order valence-corrected chi connectivity index (χ2v) is 5.90. The summed E-state index contributed by atoms with van der Waals surface area (Å²) in [5, 5.41) is 0. The number of nitrogens with zero attached hydrogens (tertiary/aromatic N) is 1. The number of carbonyl (C=O) groups excluding carboxylic acids is 1. The van der Waals surface area contributed by atoms with E-state index in [9.17, 15) is 4.79 Å². The molecule has 1 fully saturated rings. The summed E-state index contributed by atoms with van der Waals surface area (Å²) in [4.78, 5) is 14.1. The molecule has 0 aromatic rings. The van der Waals surface area contributed by atoms with Gasteiger partial charge in [0, 0.05) is 25.7 Å². The van der Waals surface area contributed by atoms with Gasteiger partial charge in [0.15, 0.2) is 0 Å². The van der Waals surface area contributed by atoms with Crippen LogP contribution in [0.25, 0.3) is 0 Å². The molecule has 1 aliphatic heterocycles. The minimum atomic E-state index is -0.0851. The van der Waals surface area contributed by atoms with Crippen molar-refractivity contribution >= 4 is 18.3 Å². The Morgan fingerprint density at radius 3 is 2.21 bits per heavy atom. The van der Waals surface area contributed by atoms with Gasteiger partial charge in [0.05, 0.1) is 12.0 Å². The molecule has 0 saturated carbocycles. The summed E-state index contributed by atoms with van der Waals surface area (Å²) >= 11 is 0. The van der Waals surface area contributed by atoms with Crippen LogP contribution in [0.5, 0.6) is 0 Å². The molecule has 1 amide bonds. The molecule has 114 valence electrons. The molecule has 1 heterocycles. The third-order valence-corrected chi connectivity index (χ3v) is 3.60. The molecule has 19 heavy (non-hydrogen) atoms. The monoisotopic (exact) mass is 292 g/mol. The van der Waals surface area contributed by atoms with E-state index in [0.29, 0.717) is 12.0 Å². The number of nitrogens with two attached hydrogens (primary N) is 1. The molecule has 1 rings (SSSR count). The van der Waals surface area contributed by atoms with Crippen molar-refractivity contribution in [3.63, 3.8) is 0 Å². The Hall–Kier alpha value is -0.320. The minimum Gasteiger partial charge on any atom is -0.378 e. The maximum Gasteiger partial charge on any atom is 0.226 e. The molecule has 1 saturated heterocycles. The second kappa shape index (κ2) is 8.77. The number of hydrogen-bond acceptors (Lipinski definition) is 3. The number of halogens is 1. The van der Waals surface area contributed by atoms with Crippen molar-refractivity contribution in [1.82, 2.24) is 4.90 Å². The fourth-order valence-corrected chi connectivity index (χ4v) is 2.08. The normalized spacial score (nSPS) is 20.0. The third-order valence-electron chi connectivity index (χ3n) is 3.60. The maximum atomic E-state index is 12.1. The summed E-state index contributed by atoms with van der Waals surface area (Å²) in [6.45, 7) is 10.5. The third kappa shape index (κ3) is 6.11. The predicted molar refractivity (Wildman–Crippen MR) is 80.5 cm³/mol. The van der Waals surface area contributed by atoms with Gasteiger partial charge in [-0.25, -0.2) is 0 Å². The van der Waals surface area contributed by atoms with Crippen molar-refractivity contribution in [2.75, 3.05) is 19.7 Å². The number of hydrogen-bond donors (Lipinski definition) is 1. The first-order chi connectivity index (χ1) is 8.41. The van der Waals surface area contributed by atoms with Crippen molar-refractivity contribution in [2.24, 2.45) is 17.6 Å². The quantitative estimate of drug-likeness (QED) is 0.844. The van der Waals surface area contributed by atoms with Crippen LogP contribution in [-0.2, 0) is 9.53 Å². The first-order valence-corrected chi connectivity index (χ1v) is 7.07. The van der Waals surface area contributed by atoms with Crippen LogP contribution in [0.15, 0.2) is 0 Å². The zero-order valence-electron chi connectivity index (χ0n) is 12.6. The molecule has 0 aromatic carbocycles. The summed E-state index contributed by atoms with van der Waals surface area (Å²) < 4.78 is 5.82. The van der Waals surface area contributed by atoms with E-state index in [1.165, 1.54) is 0 Å². The first kappa shape index (κ1) is 18.7. The van der Waals surface area contributed by atoms with Crippen LogP contribution in [0.2, 0.25) is 0 Å². The molecular weight excluding hydrogens is 264 g/mol. The fraction of sp³-hybridized carbons (Fsp3) is 0.929. The molecule has 0 bridgehead atoms. The van der Waals surface area contributed by atoms with Crippen LogP contribution in [0, 0.1) is 11.8 Å². The van der Waals surface area contributed by atoms with Gasteiger partial charge in [-0.3, -0.25) is 4.79 Å². The Labute approximate surface area is 123 Å². The lowest BCUT2D eigenvalue weighted by atomic mass is 10.00. The SMILES string of the molecule is CC(C)COC1CCN(C(=O)C(C)C(C)N)CC1.Cl. The number of rotatable bonds is 5. The van der Waals surface area contributed by atoms with Crippen molar-refractivity contribution in [2.45, 2.75) is 52.7 Å². The van der Waals surface area contributed by atoms with Gasteiger partial charge in [0.25, 0.3) is 0 Å². The van der Waals surface area contributed by atoms with E-state index >= 15 is 0 Å². The van der Waals surface area contributed by atoms with Gasteiger partial charge >= 0.3 is 0 Å². The van der Waals surface area contributed by atoms with Crippen LogP contribution in [0.3, 0.4) is 0 Å². The average Bonchev–Trinajstić information content (AvgIpc) is 2.35. The largest absolute Gasteiger partial charge is 0.378 e. The predicted octanol–water partition coefficient (Wildman–Crippen LogP) is 2.06. The van der Waals surface area contributed by atoms with Crippen molar-refractivity contribution < 1.29 is 9.53 Å². The highest BCUT2D eigenvalue weighted by Gasteiger charge is 2.27. The molecule has 0 spiro atoms. The Bertz CT molecular complexity index is 264. The van der Waals surface area contributed by atoms with Gasteiger partial charge in [-0.1, -0.05) is 20.8 Å². The first-order valence-electron chi connectivity index (χ1n) is 7.07. The molecule has 4 nitrogen and oxygen atoms in total. The molecule has 1 aliphatic rings. The maximum absolute atomic E-state index is 12.1. The smallest absolute Gasteiger partial charge is 0.226 e. The second-order valence-electron chi connectivity index (χ2n) is 5.90. The van der Waals surface area contributed by atoms with Gasteiger partial charge in [-0.2, -0.15) is 0 Å². The van der Waals surface area contributed by atoms with E-state index < -0.39 is 0 Å². The van der Waals surface area contributed by atoms with Crippen molar-refractivity contribution in [3.8, 4) is 0 Å². The van der Waals surface area contributed by atoms with Gasteiger partial charge < -0.3 is 15.4 Å². The molecule has 0 aromatic heterocycles. The van der Waals surface area contributed by atoms with Crippen molar-refractivity contribution in [1.29, 1.82) is 0 Å². The van der Waals surface area contributed by atoms with Gasteiger partial charge in [-0.15, -0.1) is 12.4 Å². The van der Waals surface area contributed by atoms with Crippen LogP contribution in [-0.4, -0.2) is 42.6 Å². The number of piperidine rings is 1. The summed E-state index contributed by atoms with van der Waals surface area (Å²) in [5.41, 5.74) is 5.78. The summed E-state index contributed by atoms with van der Waals surface area (Å²) in [6, 6.07) is -0.0765. The van der Waals surface area contributed by atoms with Crippen LogP contribution in [0.4, 0.5) is 0 Å². The standard InChI is InChI=1S/C14H28N2O2.ClH/c1-10(2)9-18-13-5-7-16(8-6-13)14(17)11(3)12(4)15;/h10-13H,5-9,15H2,1-4H3;1H. The van der Waals surface area contributed by atoms with Crippen LogP contribution < -0.4 is 5.73 Å².